The Kier molecular flexibility index (Phi) is 2.78. The number of rotatable bonds is 2. The molecule has 102 valence electrons. The van der Waals surface area contributed by atoms with Crippen LogP contribution in [-0.2, 0) is 0 Å². The lowest BCUT2D eigenvalue weighted by Gasteiger charge is -2.12. The Bertz CT molecular complexity index is 828. The summed E-state index contributed by atoms with van der Waals surface area (Å²) in [5.74, 6) is 0. The molecule has 0 saturated heterocycles. The molecule has 0 aliphatic carbocycles. The molecule has 0 bridgehead atoms. The van der Waals surface area contributed by atoms with Gasteiger partial charge in [0, 0.05) is 47.2 Å². The van der Waals surface area contributed by atoms with Crippen LogP contribution in [0.2, 0.25) is 0 Å². The summed E-state index contributed by atoms with van der Waals surface area (Å²) >= 11 is 0. The molecule has 20 heavy (non-hydrogen) atoms. The zero-order valence-electron chi connectivity index (χ0n) is 12.2. The number of aryl methyl sites for hydroxylation is 2. The van der Waals surface area contributed by atoms with E-state index in [1.165, 1.54) is 5.39 Å². The van der Waals surface area contributed by atoms with Gasteiger partial charge in [0.25, 0.3) is 0 Å². The maximum absolute atomic E-state index is 11.2. The Labute approximate surface area is 118 Å². The molecule has 0 saturated carbocycles. The monoisotopic (exact) mass is 266 g/mol. The Hall–Kier alpha value is -2.29. The summed E-state index contributed by atoms with van der Waals surface area (Å²) < 4.78 is 0. The van der Waals surface area contributed by atoms with E-state index in [1.807, 2.05) is 34.0 Å². The average molecular weight is 266 g/mol. The fourth-order valence-corrected chi connectivity index (χ4v) is 2.82. The summed E-state index contributed by atoms with van der Waals surface area (Å²) in [6, 6.07) is 8.33. The molecule has 0 spiro atoms. The minimum absolute atomic E-state index is 0.770. The number of aldehydes is 1. The fourth-order valence-electron chi connectivity index (χ4n) is 2.82. The third-order valence-corrected chi connectivity index (χ3v) is 4.00. The molecule has 0 amide bonds. The maximum Gasteiger partial charge on any atom is 0.150 e. The average Bonchev–Trinajstić information content (AvgIpc) is 2.81. The normalized spacial score (nSPS) is 11.2. The molecular formula is C17H18N2O. The number of aromatic nitrogens is 1. The lowest BCUT2D eigenvalue weighted by Crippen LogP contribution is -2.07. The van der Waals surface area contributed by atoms with Crippen molar-refractivity contribution in [2.45, 2.75) is 13.8 Å². The smallest absolute Gasteiger partial charge is 0.150 e. The highest BCUT2D eigenvalue weighted by atomic mass is 16.1. The standard InChI is InChI=1S/C17H18N2O/c1-10-7-12(9-20)11(2)16-14-8-13(19(3)4)5-6-15(14)18-17(10)16/h5-9,18H,1-4H3. The fraction of sp³-hybridized carbons (Fsp3) is 0.235. The number of aromatic amines is 1. The number of nitrogens with zero attached hydrogens (tertiary/aromatic N) is 1. The van der Waals surface area contributed by atoms with Crippen LogP contribution < -0.4 is 4.90 Å². The van der Waals surface area contributed by atoms with E-state index in [1.54, 1.807) is 0 Å². The Morgan fingerprint density at radius 2 is 1.90 bits per heavy atom. The van der Waals surface area contributed by atoms with Crippen molar-refractivity contribution >= 4 is 33.8 Å². The van der Waals surface area contributed by atoms with Crippen LogP contribution in [0, 0.1) is 13.8 Å². The number of anilines is 1. The van der Waals surface area contributed by atoms with Gasteiger partial charge >= 0.3 is 0 Å². The molecule has 1 heterocycles. The predicted molar refractivity (Wildman–Crippen MR) is 85.0 cm³/mol. The molecule has 3 rings (SSSR count). The van der Waals surface area contributed by atoms with Crippen molar-refractivity contribution in [2.75, 3.05) is 19.0 Å². The van der Waals surface area contributed by atoms with Crippen LogP contribution >= 0.6 is 0 Å². The Morgan fingerprint density at radius 3 is 2.55 bits per heavy atom. The van der Waals surface area contributed by atoms with Gasteiger partial charge in [-0.15, -0.1) is 0 Å². The first-order valence-electron chi connectivity index (χ1n) is 6.71. The maximum atomic E-state index is 11.2. The summed E-state index contributed by atoms with van der Waals surface area (Å²) in [6.45, 7) is 4.05. The number of carbonyl (C=O) groups is 1. The van der Waals surface area contributed by atoms with Crippen LogP contribution in [0.5, 0.6) is 0 Å². The third-order valence-electron chi connectivity index (χ3n) is 4.00. The third kappa shape index (κ3) is 1.70. The molecule has 3 aromatic rings. The van der Waals surface area contributed by atoms with Crippen molar-refractivity contribution in [3.8, 4) is 0 Å². The second-order valence-electron chi connectivity index (χ2n) is 5.52. The molecule has 0 aliphatic rings. The number of H-pyrrole nitrogens is 1. The molecule has 0 aliphatic heterocycles. The van der Waals surface area contributed by atoms with Gasteiger partial charge in [-0.1, -0.05) is 0 Å². The van der Waals surface area contributed by atoms with E-state index in [0.29, 0.717) is 0 Å². The molecule has 1 N–H and O–H groups in total. The SMILES string of the molecule is Cc1cc(C=O)c(C)c2c1[nH]c1ccc(N(C)C)cc12. The van der Waals surface area contributed by atoms with Crippen molar-refractivity contribution in [2.24, 2.45) is 0 Å². The van der Waals surface area contributed by atoms with Crippen molar-refractivity contribution in [3.05, 3.63) is 41.0 Å². The number of benzene rings is 2. The topological polar surface area (TPSA) is 36.1 Å². The van der Waals surface area contributed by atoms with Crippen molar-refractivity contribution in [1.82, 2.24) is 4.98 Å². The highest BCUT2D eigenvalue weighted by Crippen LogP contribution is 2.33. The molecule has 0 fully saturated rings. The summed E-state index contributed by atoms with van der Waals surface area (Å²) in [5.41, 5.74) is 6.31. The van der Waals surface area contributed by atoms with Crippen LogP contribution in [0.15, 0.2) is 24.3 Å². The second kappa shape index (κ2) is 4.37. The largest absolute Gasteiger partial charge is 0.378 e. The summed E-state index contributed by atoms with van der Waals surface area (Å²) in [6.07, 6.45) is 0.941. The van der Waals surface area contributed by atoms with Crippen molar-refractivity contribution in [1.29, 1.82) is 0 Å². The lowest BCUT2D eigenvalue weighted by molar-refractivity contribution is 0.112. The molecule has 3 heteroatoms. The van der Waals surface area contributed by atoms with Crippen molar-refractivity contribution in [3.63, 3.8) is 0 Å². The molecule has 0 unspecified atom stereocenters. The van der Waals surface area contributed by atoms with Gasteiger partial charge in [0.05, 0.1) is 0 Å². The lowest BCUT2D eigenvalue weighted by atomic mass is 9.99. The van der Waals surface area contributed by atoms with Gasteiger partial charge in [0.2, 0.25) is 0 Å². The van der Waals surface area contributed by atoms with E-state index in [2.05, 4.69) is 28.1 Å². The van der Waals surface area contributed by atoms with Crippen LogP contribution in [0.25, 0.3) is 21.8 Å². The molecular weight excluding hydrogens is 248 g/mol. The van der Waals surface area contributed by atoms with Crippen LogP contribution in [0.4, 0.5) is 5.69 Å². The van der Waals surface area contributed by atoms with E-state index in [9.17, 15) is 4.79 Å². The zero-order chi connectivity index (χ0) is 14.4. The molecule has 3 nitrogen and oxygen atoms in total. The first-order chi connectivity index (χ1) is 9.52. The highest BCUT2D eigenvalue weighted by Gasteiger charge is 2.13. The highest BCUT2D eigenvalue weighted by molar-refractivity contribution is 6.12. The van der Waals surface area contributed by atoms with Gasteiger partial charge in [0.1, 0.15) is 6.29 Å². The summed E-state index contributed by atoms with van der Waals surface area (Å²) in [7, 11) is 4.07. The van der Waals surface area contributed by atoms with E-state index < -0.39 is 0 Å². The zero-order valence-corrected chi connectivity index (χ0v) is 12.2. The summed E-state index contributed by atoms with van der Waals surface area (Å²) in [4.78, 5) is 16.8. The van der Waals surface area contributed by atoms with Crippen LogP contribution in [-0.4, -0.2) is 25.4 Å². The number of nitrogens with one attached hydrogen (secondary N) is 1. The van der Waals surface area contributed by atoms with Gasteiger partial charge in [0.15, 0.2) is 0 Å². The predicted octanol–water partition coefficient (Wildman–Crippen LogP) is 3.82. The number of hydrogen-bond donors (Lipinski definition) is 1. The van der Waals surface area contributed by atoms with E-state index in [0.717, 1.165) is 45.1 Å². The first-order valence-corrected chi connectivity index (χ1v) is 6.71. The second-order valence-corrected chi connectivity index (χ2v) is 5.52. The van der Waals surface area contributed by atoms with Crippen LogP contribution in [0.1, 0.15) is 21.5 Å². The quantitative estimate of drug-likeness (QED) is 0.716. The number of hydrogen-bond acceptors (Lipinski definition) is 2. The van der Waals surface area contributed by atoms with Gasteiger partial charge in [-0.3, -0.25) is 4.79 Å². The molecule has 0 radical (unpaired) electrons. The van der Waals surface area contributed by atoms with Gasteiger partial charge in [-0.05, 0) is 49.2 Å². The van der Waals surface area contributed by atoms with Gasteiger partial charge in [-0.25, -0.2) is 0 Å². The van der Waals surface area contributed by atoms with Crippen molar-refractivity contribution < 1.29 is 4.79 Å². The van der Waals surface area contributed by atoms with Crippen LogP contribution in [0.3, 0.4) is 0 Å². The first kappa shape index (κ1) is 12.7. The minimum atomic E-state index is 0.770. The molecule has 0 atom stereocenters. The van der Waals surface area contributed by atoms with E-state index >= 15 is 0 Å². The Morgan fingerprint density at radius 1 is 1.15 bits per heavy atom. The van der Waals surface area contributed by atoms with Gasteiger partial charge < -0.3 is 9.88 Å². The van der Waals surface area contributed by atoms with E-state index in [-0.39, 0.29) is 0 Å². The summed E-state index contributed by atoms with van der Waals surface area (Å²) in [5, 5.41) is 2.33. The molecule has 1 aromatic heterocycles. The van der Waals surface area contributed by atoms with Gasteiger partial charge in [-0.2, -0.15) is 0 Å². The van der Waals surface area contributed by atoms with E-state index in [4.69, 9.17) is 0 Å². The number of fused-ring (bicyclic) bond motifs is 3. The minimum Gasteiger partial charge on any atom is -0.378 e. The molecule has 2 aromatic carbocycles. The number of carbonyl (C=O) groups excluding carboxylic acids is 1. The Balaban J connectivity index is 2.49.